The number of carbonyl (C=O) groups excluding carboxylic acids is 2. The van der Waals surface area contributed by atoms with E-state index in [1.165, 1.54) is 14.2 Å². The molecule has 0 heterocycles. The van der Waals surface area contributed by atoms with Crippen molar-refractivity contribution in [3.05, 3.63) is 29.3 Å². The number of methoxy groups -OCH3 is 2. The van der Waals surface area contributed by atoms with Gasteiger partial charge >= 0.3 is 11.9 Å². The molecule has 5 nitrogen and oxygen atoms in total. The highest BCUT2D eigenvalue weighted by molar-refractivity contribution is 5.78. The summed E-state index contributed by atoms with van der Waals surface area (Å²) >= 11 is 0. The summed E-state index contributed by atoms with van der Waals surface area (Å²) in [7, 11) is 2.62. The minimum atomic E-state index is -0.394. The molecule has 0 unspecified atom stereocenters. The summed E-state index contributed by atoms with van der Waals surface area (Å²) < 4.78 is 9.17. The first-order valence-electron chi connectivity index (χ1n) is 5.08. The monoisotopic (exact) mass is 237 g/mol. The van der Waals surface area contributed by atoms with Crippen LogP contribution in [0.3, 0.4) is 0 Å². The average Bonchev–Trinajstić information content (AvgIpc) is 2.33. The molecular formula is C12H15NO4. The van der Waals surface area contributed by atoms with Crippen LogP contribution in [-0.4, -0.2) is 26.2 Å². The van der Waals surface area contributed by atoms with Crippen LogP contribution in [0.25, 0.3) is 0 Å². The summed E-state index contributed by atoms with van der Waals surface area (Å²) in [5.74, 6) is -0.768. The van der Waals surface area contributed by atoms with E-state index in [-0.39, 0.29) is 18.8 Å². The van der Waals surface area contributed by atoms with Gasteiger partial charge in [-0.25, -0.2) is 0 Å². The second-order valence-electron chi connectivity index (χ2n) is 3.49. The smallest absolute Gasteiger partial charge is 0.310 e. The maximum atomic E-state index is 11.2. The first-order chi connectivity index (χ1) is 8.08. The quantitative estimate of drug-likeness (QED) is 0.616. The number of rotatable bonds is 4. The lowest BCUT2D eigenvalue weighted by Crippen LogP contribution is -2.12. The van der Waals surface area contributed by atoms with Gasteiger partial charge in [0.05, 0.1) is 27.1 Å². The average molecular weight is 237 g/mol. The molecule has 0 bridgehead atoms. The van der Waals surface area contributed by atoms with Gasteiger partial charge in [0.25, 0.3) is 0 Å². The zero-order chi connectivity index (χ0) is 12.8. The minimum absolute atomic E-state index is 0.0511. The predicted molar refractivity (Wildman–Crippen MR) is 62.3 cm³/mol. The Morgan fingerprint density at radius 2 is 1.71 bits per heavy atom. The van der Waals surface area contributed by atoms with Gasteiger partial charge in [-0.05, 0) is 17.2 Å². The Hall–Kier alpha value is -2.04. The van der Waals surface area contributed by atoms with Crippen molar-refractivity contribution in [3.8, 4) is 0 Å². The fourth-order valence-corrected chi connectivity index (χ4v) is 1.48. The van der Waals surface area contributed by atoms with E-state index in [4.69, 9.17) is 5.73 Å². The molecule has 92 valence electrons. The second-order valence-corrected chi connectivity index (χ2v) is 3.49. The van der Waals surface area contributed by atoms with Crippen LogP contribution in [0.5, 0.6) is 0 Å². The van der Waals surface area contributed by atoms with Crippen LogP contribution in [0.15, 0.2) is 18.2 Å². The highest BCUT2D eigenvalue weighted by atomic mass is 16.5. The Kier molecular flexibility index (Phi) is 4.51. The molecule has 5 heteroatoms. The van der Waals surface area contributed by atoms with Crippen molar-refractivity contribution < 1.29 is 19.1 Å². The molecule has 0 saturated carbocycles. The van der Waals surface area contributed by atoms with Gasteiger partial charge in [0.1, 0.15) is 0 Å². The fourth-order valence-electron chi connectivity index (χ4n) is 1.48. The summed E-state index contributed by atoms with van der Waals surface area (Å²) in [6, 6.07) is 5.15. The SMILES string of the molecule is COC(=O)Cc1cccc(N)c1CC(=O)OC. The van der Waals surface area contributed by atoms with Crippen LogP contribution in [0.4, 0.5) is 5.69 Å². The number of hydrogen-bond acceptors (Lipinski definition) is 5. The molecule has 0 aliphatic rings. The van der Waals surface area contributed by atoms with E-state index in [1.807, 2.05) is 0 Å². The van der Waals surface area contributed by atoms with E-state index in [2.05, 4.69) is 9.47 Å². The first-order valence-corrected chi connectivity index (χ1v) is 5.08. The Morgan fingerprint density at radius 3 is 2.29 bits per heavy atom. The molecular weight excluding hydrogens is 222 g/mol. The molecule has 1 aromatic carbocycles. The third-order valence-corrected chi connectivity index (χ3v) is 2.42. The number of esters is 2. The third kappa shape index (κ3) is 3.48. The lowest BCUT2D eigenvalue weighted by Gasteiger charge is -2.10. The first kappa shape index (κ1) is 13.0. The van der Waals surface area contributed by atoms with Gasteiger partial charge in [0, 0.05) is 5.69 Å². The van der Waals surface area contributed by atoms with E-state index in [1.54, 1.807) is 18.2 Å². The Morgan fingerprint density at radius 1 is 1.12 bits per heavy atom. The number of nitrogens with two attached hydrogens (primary N) is 1. The molecule has 0 amide bonds. The number of carbonyl (C=O) groups is 2. The van der Waals surface area contributed by atoms with Gasteiger partial charge in [0.15, 0.2) is 0 Å². The van der Waals surface area contributed by atoms with Gasteiger partial charge < -0.3 is 15.2 Å². The Labute approximate surface area is 99.5 Å². The summed E-state index contributed by atoms with van der Waals surface area (Å²) in [4.78, 5) is 22.5. The number of benzene rings is 1. The molecule has 0 spiro atoms. The van der Waals surface area contributed by atoms with Crippen molar-refractivity contribution in [2.75, 3.05) is 20.0 Å². The van der Waals surface area contributed by atoms with Crippen molar-refractivity contribution in [3.63, 3.8) is 0 Å². The van der Waals surface area contributed by atoms with Gasteiger partial charge in [-0.1, -0.05) is 12.1 Å². The number of ether oxygens (including phenoxy) is 2. The normalized spacial score (nSPS) is 9.76. The Bertz CT molecular complexity index is 429. The van der Waals surface area contributed by atoms with Gasteiger partial charge in [0.2, 0.25) is 0 Å². The van der Waals surface area contributed by atoms with Crippen LogP contribution < -0.4 is 5.73 Å². The number of hydrogen-bond donors (Lipinski definition) is 1. The zero-order valence-corrected chi connectivity index (χ0v) is 9.86. The molecule has 0 aromatic heterocycles. The summed E-state index contributed by atoms with van der Waals surface area (Å²) in [6.45, 7) is 0. The van der Waals surface area contributed by atoms with E-state index in [0.717, 1.165) is 0 Å². The van der Waals surface area contributed by atoms with Crippen LogP contribution >= 0.6 is 0 Å². The Balaban J connectivity index is 2.99. The van der Waals surface area contributed by atoms with Crippen LogP contribution in [0.1, 0.15) is 11.1 Å². The number of anilines is 1. The molecule has 0 atom stereocenters. The van der Waals surface area contributed by atoms with Crippen LogP contribution in [-0.2, 0) is 31.9 Å². The highest BCUT2D eigenvalue weighted by Gasteiger charge is 2.14. The van der Waals surface area contributed by atoms with Crippen molar-refractivity contribution >= 4 is 17.6 Å². The molecule has 0 radical (unpaired) electrons. The standard InChI is InChI=1S/C12H15NO4/c1-16-11(14)6-8-4-3-5-10(13)9(8)7-12(15)17-2/h3-5H,6-7,13H2,1-2H3. The van der Waals surface area contributed by atoms with Crippen molar-refractivity contribution in [1.29, 1.82) is 0 Å². The number of nitrogen functional groups attached to an aromatic ring is 1. The third-order valence-electron chi connectivity index (χ3n) is 2.42. The molecule has 1 rings (SSSR count). The van der Waals surface area contributed by atoms with Crippen LogP contribution in [0, 0.1) is 0 Å². The summed E-state index contributed by atoms with van der Waals surface area (Å²) in [5.41, 5.74) is 7.55. The maximum absolute atomic E-state index is 11.2. The zero-order valence-electron chi connectivity index (χ0n) is 9.86. The highest BCUT2D eigenvalue weighted by Crippen LogP contribution is 2.19. The van der Waals surface area contributed by atoms with Crippen molar-refractivity contribution in [2.45, 2.75) is 12.8 Å². The summed E-state index contributed by atoms with van der Waals surface area (Å²) in [5, 5.41) is 0. The largest absolute Gasteiger partial charge is 0.469 e. The second kappa shape index (κ2) is 5.89. The van der Waals surface area contributed by atoms with Gasteiger partial charge in [-0.15, -0.1) is 0 Å². The topological polar surface area (TPSA) is 78.6 Å². The van der Waals surface area contributed by atoms with Crippen LogP contribution in [0.2, 0.25) is 0 Å². The predicted octanol–water partition coefficient (Wildman–Crippen LogP) is 0.700. The van der Waals surface area contributed by atoms with Crippen molar-refractivity contribution in [2.24, 2.45) is 0 Å². The molecule has 0 saturated heterocycles. The maximum Gasteiger partial charge on any atom is 0.310 e. The van der Waals surface area contributed by atoms with E-state index in [0.29, 0.717) is 16.8 Å². The van der Waals surface area contributed by atoms with E-state index in [9.17, 15) is 9.59 Å². The lowest BCUT2D eigenvalue weighted by atomic mass is 10.00. The van der Waals surface area contributed by atoms with Crippen molar-refractivity contribution in [1.82, 2.24) is 0 Å². The lowest BCUT2D eigenvalue weighted by molar-refractivity contribution is -0.141. The van der Waals surface area contributed by atoms with Gasteiger partial charge in [-0.2, -0.15) is 0 Å². The molecule has 17 heavy (non-hydrogen) atoms. The molecule has 0 aliphatic heterocycles. The fraction of sp³-hybridized carbons (Fsp3) is 0.333. The van der Waals surface area contributed by atoms with E-state index < -0.39 is 5.97 Å². The molecule has 0 aliphatic carbocycles. The summed E-state index contributed by atoms with van der Waals surface area (Å²) in [6.07, 6.45) is 0.142. The molecule has 2 N–H and O–H groups in total. The van der Waals surface area contributed by atoms with Gasteiger partial charge in [-0.3, -0.25) is 9.59 Å². The molecule has 0 fully saturated rings. The molecule has 1 aromatic rings. The van der Waals surface area contributed by atoms with E-state index >= 15 is 0 Å². The minimum Gasteiger partial charge on any atom is -0.469 e.